The van der Waals surface area contributed by atoms with Gasteiger partial charge in [-0.2, -0.15) is 0 Å². The molecule has 1 aliphatic heterocycles. The van der Waals surface area contributed by atoms with E-state index >= 15 is 0 Å². The van der Waals surface area contributed by atoms with Crippen molar-refractivity contribution in [1.29, 1.82) is 0 Å². The molecule has 0 saturated carbocycles. The lowest BCUT2D eigenvalue weighted by Crippen LogP contribution is -2.52. The summed E-state index contributed by atoms with van der Waals surface area (Å²) in [5.41, 5.74) is 2.39. The summed E-state index contributed by atoms with van der Waals surface area (Å²) >= 11 is 1.71. The summed E-state index contributed by atoms with van der Waals surface area (Å²) in [6, 6.07) is 8.21. The highest BCUT2D eigenvalue weighted by atomic mass is 32.1. The lowest BCUT2D eigenvalue weighted by atomic mass is 9.93. The van der Waals surface area contributed by atoms with Crippen LogP contribution in [0.25, 0.3) is 0 Å². The van der Waals surface area contributed by atoms with Crippen molar-refractivity contribution >= 4 is 23.0 Å². The predicted octanol–water partition coefficient (Wildman–Crippen LogP) is 3.35. The van der Waals surface area contributed by atoms with E-state index in [1.807, 2.05) is 19.2 Å². The molecule has 1 fully saturated rings. The summed E-state index contributed by atoms with van der Waals surface area (Å²) in [6.07, 6.45) is 0. The number of hydrogen-bond donors (Lipinski definition) is 1. The van der Waals surface area contributed by atoms with Crippen molar-refractivity contribution in [2.75, 3.05) is 45.2 Å². The number of ether oxygens (including phenoxy) is 1. The van der Waals surface area contributed by atoms with Gasteiger partial charge in [0.15, 0.2) is 5.96 Å². The molecule has 0 aliphatic carbocycles. The Hall–Kier alpha value is -2.28. The first-order chi connectivity index (χ1) is 13.4. The van der Waals surface area contributed by atoms with Gasteiger partial charge in [0.1, 0.15) is 10.8 Å². The van der Waals surface area contributed by atoms with E-state index < -0.39 is 0 Å². The minimum Gasteiger partial charge on any atom is -0.495 e. The zero-order chi connectivity index (χ0) is 20.1. The average Bonchev–Trinajstić information content (AvgIpc) is 3.18. The maximum atomic E-state index is 5.51. The Labute approximate surface area is 172 Å². The average molecular weight is 402 g/mol. The SMILES string of the molecule is CN=C(NCc1nc(C(C)(C)C)cs1)N1CCN(c2ccccc2OC)CC1. The van der Waals surface area contributed by atoms with Crippen molar-refractivity contribution < 1.29 is 4.74 Å². The van der Waals surface area contributed by atoms with Crippen LogP contribution < -0.4 is 15.0 Å². The molecule has 0 amide bonds. The lowest BCUT2D eigenvalue weighted by Gasteiger charge is -2.38. The van der Waals surface area contributed by atoms with E-state index in [0.29, 0.717) is 6.54 Å². The Kier molecular flexibility index (Phi) is 6.44. The maximum Gasteiger partial charge on any atom is 0.194 e. The molecule has 1 aliphatic rings. The van der Waals surface area contributed by atoms with Crippen LogP contribution in [0.15, 0.2) is 34.6 Å². The van der Waals surface area contributed by atoms with E-state index in [1.54, 1.807) is 18.4 Å². The summed E-state index contributed by atoms with van der Waals surface area (Å²) in [5, 5.41) is 6.73. The van der Waals surface area contributed by atoms with Gasteiger partial charge in [0, 0.05) is 44.0 Å². The smallest absolute Gasteiger partial charge is 0.194 e. The molecule has 2 heterocycles. The number of piperazine rings is 1. The van der Waals surface area contributed by atoms with Crippen LogP contribution >= 0.6 is 11.3 Å². The summed E-state index contributed by atoms with van der Waals surface area (Å²) < 4.78 is 5.51. The van der Waals surface area contributed by atoms with E-state index in [4.69, 9.17) is 9.72 Å². The number of thiazole rings is 1. The third-order valence-corrected chi connectivity index (χ3v) is 5.78. The molecule has 0 bridgehead atoms. The highest BCUT2D eigenvalue weighted by molar-refractivity contribution is 7.09. The second-order valence-corrected chi connectivity index (χ2v) is 8.87. The van der Waals surface area contributed by atoms with Gasteiger partial charge in [0.05, 0.1) is 25.0 Å². The first kappa shape index (κ1) is 20.5. The fourth-order valence-electron chi connectivity index (χ4n) is 3.27. The number of nitrogens with one attached hydrogen (secondary N) is 1. The van der Waals surface area contributed by atoms with Crippen molar-refractivity contribution in [3.63, 3.8) is 0 Å². The fourth-order valence-corrected chi connectivity index (χ4v) is 4.23. The van der Waals surface area contributed by atoms with Gasteiger partial charge < -0.3 is 19.9 Å². The fraction of sp³-hybridized carbons (Fsp3) is 0.524. The van der Waals surface area contributed by atoms with Crippen LogP contribution in [0.5, 0.6) is 5.75 Å². The summed E-state index contributed by atoms with van der Waals surface area (Å²) in [5.74, 6) is 1.86. The quantitative estimate of drug-likeness (QED) is 0.629. The van der Waals surface area contributed by atoms with E-state index in [2.05, 4.69) is 58.4 Å². The van der Waals surface area contributed by atoms with Crippen molar-refractivity contribution in [1.82, 2.24) is 15.2 Å². The molecular weight excluding hydrogens is 370 g/mol. The van der Waals surface area contributed by atoms with E-state index in [-0.39, 0.29) is 5.41 Å². The number of hydrogen-bond acceptors (Lipinski definition) is 5. The lowest BCUT2D eigenvalue weighted by molar-refractivity contribution is 0.367. The molecule has 0 radical (unpaired) electrons. The molecule has 28 heavy (non-hydrogen) atoms. The highest BCUT2D eigenvalue weighted by Gasteiger charge is 2.22. The Balaban J connectivity index is 1.56. The number of nitrogens with zero attached hydrogens (tertiary/aromatic N) is 4. The van der Waals surface area contributed by atoms with Gasteiger partial charge >= 0.3 is 0 Å². The first-order valence-electron chi connectivity index (χ1n) is 9.71. The number of guanidine groups is 1. The molecule has 0 unspecified atom stereocenters. The highest BCUT2D eigenvalue weighted by Crippen LogP contribution is 2.28. The second-order valence-electron chi connectivity index (χ2n) is 7.92. The molecule has 0 spiro atoms. The number of aliphatic imine (C=N–C) groups is 1. The molecule has 1 aromatic carbocycles. The molecule has 1 N–H and O–H groups in total. The normalized spacial score (nSPS) is 15.7. The molecule has 152 valence electrons. The van der Waals surface area contributed by atoms with Crippen molar-refractivity contribution in [3.05, 3.63) is 40.3 Å². The van der Waals surface area contributed by atoms with Gasteiger partial charge in [0.25, 0.3) is 0 Å². The molecule has 6 nitrogen and oxygen atoms in total. The number of para-hydroxylation sites is 2. The first-order valence-corrected chi connectivity index (χ1v) is 10.6. The zero-order valence-electron chi connectivity index (χ0n) is 17.5. The summed E-state index contributed by atoms with van der Waals surface area (Å²) in [4.78, 5) is 13.9. The van der Waals surface area contributed by atoms with Crippen molar-refractivity contribution in [2.24, 2.45) is 4.99 Å². The number of anilines is 1. The number of rotatable bonds is 4. The molecule has 7 heteroatoms. The van der Waals surface area contributed by atoms with Gasteiger partial charge in [0.2, 0.25) is 0 Å². The van der Waals surface area contributed by atoms with E-state index in [9.17, 15) is 0 Å². The van der Waals surface area contributed by atoms with Crippen LogP contribution in [0, 0.1) is 0 Å². The molecule has 3 rings (SSSR count). The monoisotopic (exact) mass is 401 g/mol. The Bertz CT molecular complexity index is 803. The summed E-state index contributed by atoms with van der Waals surface area (Å²) in [7, 11) is 3.57. The van der Waals surface area contributed by atoms with E-state index in [1.165, 1.54) is 0 Å². The van der Waals surface area contributed by atoms with Gasteiger partial charge in [-0.05, 0) is 12.1 Å². The van der Waals surface area contributed by atoms with Crippen LogP contribution in [0.3, 0.4) is 0 Å². The molecular formula is C21H31N5OS. The van der Waals surface area contributed by atoms with Crippen LogP contribution in [0.4, 0.5) is 5.69 Å². The largest absolute Gasteiger partial charge is 0.495 e. The predicted molar refractivity (Wildman–Crippen MR) is 118 cm³/mol. The topological polar surface area (TPSA) is 53.0 Å². The Morgan fingerprint density at radius 1 is 1.21 bits per heavy atom. The van der Waals surface area contributed by atoms with Gasteiger partial charge in [-0.1, -0.05) is 32.9 Å². The molecule has 2 aromatic rings. The Morgan fingerprint density at radius 3 is 2.54 bits per heavy atom. The maximum absolute atomic E-state index is 5.51. The third kappa shape index (κ3) is 4.76. The van der Waals surface area contributed by atoms with Crippen LogP contribution in [0.1, 0.15) is 31.5 Å². The van der Waals surface area contributed by atoms with Crippen LogP contribution in [-0.2, 0) is 12.0 Å². The van der Waals surface area contributed by atoms with Crippen molar-refractivity contribution in [2.45, 2.75) is 32.7 Å². The molecule has 1 aromatic heterocycles. The van der Waals surface area contributed by atoms with Crippen LogP contribution in [-0.4, -0.2) is 56.2 Å². The number of aromatic nitrogens is 1. The van der Waals surface area contributed by atoms with E-state index in [0.717, 1.165) is 54.3 Å². The summed E-state index contributed by atoms with van der Waals surface area (Å²) in [6.45, 7) is 11.0. The molecule has 0 atom stereocenters. The zero-order valence-corrected chi connectivity index (χ0v) is 18.3. The Morgan fingerprint density at radius 2 is 1.93 bits per heavy atom. The minimum absolute atomic E-state index is 0.0885. The number of methoxy groups -OCH3 is 1. The van der Waals surface area contributed by atoms with Gasteiger partial charge in [-0.25, -0.2) is 4.98 Å². The number of benzene rings is 1. The van der Waals surface area contributed by atoms with Gasteiger partial charge in [-0.15, -0.1) is 11.3 Å². The molecule has 1 saturated heterocycles. The second kappa shape index (κ2) is 8.82. The van der Waals surface area contributed by atoms with Crippen LogP contribution in [0.2, 0.25) is 0 Å². The van der Waals surface area contributed by atoms with Crippen molar-refractivity contribution in [3.8, 4) is 5.75 Å². The van der Waals surface area contributed by atoms with Gasteiger partial charge in [-0.3, -0.25) is 4.99 Å². The minimum atomic E-state index is 0.0885. The third-order valence-electron chi connectivity index (χ3n) is 4.93. The standard InChI is InChI=1S/C21H31N5OS/c1-21(2,3)18-15-28-19(24-18)14-23-20(22-4)26-12-10-25(11-13-26)16-8-6-7-9-17(16)27-5/h6-9,15H,10-14H2,1-5H3,(H,22,23).